The minimum absolute atomic E-state index is 0.0506. The minimum atomic E-state index is -3.72. The molecular weight excluding hydrogens is 338 g/mol. The van der Waals surface area contributed by atoms with E-state index in [4.69, 9.17) is 5.14 Å². The zero-order valence-corrected chi connectivity index (χ0v) is 14.7. The van der Waals surface area contributed by atoms with Gasteiger partial charge in [-0.1, -0.05) is 18.2 Å². The largest absolute Gasteiger partial charge is 0.361 e. The van der Waals surface area contributed by atoms with Crippen LogP contribution in [0, 0.1) is 0 Å². The Hall–Kier alpha value is -2.64. The molecule has 0 aliphatic rings. The number of carbonyl (C=O) groups is 1. The summed E-state index contributed by atoms with van der Waals surface area (Å²) in [5, 5.41) is 6.16. The van der Waals surface area contributed by atoms with Crippen LogP contribution in [0.1, 0.15) is 28.9 Å². The molecule has 0 saturated heterocycles. The molecule has 6 nitrogen and oxygen atoms in total. The number of H-pyrrole nitrogens is 1. The number of sulfonamides is 1. The van der Waals surface area contributed by atoms with Gasteiger partial charge in [0.25, 0.3) is 5.91 Å². The molecule has 1 atom stereocenters. The number of nitrogens with zero attached hydrogens (tertiary/aromatic N) is 1. The van der Waals surface area contributed by atoms with Gasteiger partial charge >= 0.3 is 0 Å². The average Bonchev–Trinajstić information content (AvgIpc) is 3.06. The fourth-order valence-corrected chi connectivity index (χ4v) is 3.24. The Morgan fingerprint density at radius 1 is 1.12 bits per heavy atom. The molecule has 7 heteroatoms. The van der Waals surface area contributed by atoms with E-state index in [-0.39, 0.29) is 16.8 Å². The van der Waals surface area contributed by atoms with Gasteiger partial charge in [0.1, 0.15) is 0 Å². The van der Waals surface area contributed by atoms with Gasteiger partial charge in [-0.25, -0.2) is 13.6 Å². The van der Waals surface area contributed by atoms with E-state index in [2.05, 4.69) is 4.98 Å². The molecule has 130 valence electrons. The number of carbonyl (C=O) groups excluding carboxylic acids is 1. The van der Waals surface area contributed by atoms with Crippen molar-refractivity contribution in [3.63, 3.8) is 0 Å². The molecule has 0 aliphatic carbocycles. The number of primary sulfonamides is 1. The lowest BCUT2D eigenvalue weighted by atomic mass is 10.1. The summed E-state index contributed by atoms with van der Waals surface area (Å²) in [6, 6.07) is 13.5. The molecule has 2 aromatic carbocycles. The SMILES string of the molecule is CC(c1ccc(S(N)(=O)=O)cc1)N(C)C(=O)c1ccc2cc[nH]c2c1. The van der Waals surface area contributed by atoms with Crippen LogP contribution in [0.4, 0.5) is 0 Å². The van der Waals surface area contributed by atoms with Crippen LogP contribution >= 0.6 is 0 Å². The zero-order chi connectivity index (χ0) is 18.2. The first kappa shape index (κ1) is 17.2. The summed E-state index contributed by atoms with van der Waals surface area (Å²) < 4.78 is 22.7. The first-order valence-electron chi connectivity index (χ1n) is 7.74. The molecule has 0 fully saturated rings. The van der Waals surface area contributed by atoms with Gasteiger partial charge in [-0.15, -0.1) is 0 Å². The van der Waals surface area contributed by atoms with Crippen molar-refractivity contribution in [3.05, 3.63) is 65.9 Å². The lowest BCUT2D eigenvalue weighted by Gasteiger charge is -2.25. The lowest BCUT2D eigenvalue weighted by Crippen LogP contribution is -2.29. The molecule has 3 aromatic rings. The van der Waals surface area contributed by atoms with Crippen molar-refractivity contribution in [2.75, 3.05) is 7.05 Å². The molecule has 1 aromatic heterocycles. The van der Waals surface area contributed by atoms with Gasteiger partial charge in [0.2, 0.25) is 10.0 Å². The summed E-state index contributed by atoms with van der Waals surface area (Å²) in [7, 11) is -2.00. The number of rotatable bonds is 4. The molecule has 1 unspecified atom stereocenters. The summed E-state index contributed by atoms with van der Waals surface area (Å²) in [4.78, 5) is 17.5. The van der Waals surface area contributed by atoms with Gasteiger partial charge in [-0.3, -0.25) is 4.79 Å². The molecule has 0 aliphatic heterocycles. The Labute approximate surface area is 146 Å². The van der Waals surface area contributed by atoms with Crippen molar-refractivity contribution in [1.29, 1.82) is 0 Å². The molecule has 25 heavy (non-hydrogen) atoms. The van der Waals surface area contributed by atoms with Crippen molar-refractivity contribution in [2.45, 2.75) is 17.9 Å². The highest BCUT2D eigenvalue weighted by Crippen LogP contribution is 2.23. The van der Waals surface area contributed by atoms with E-state index in [1.165, 1.54) is 12.1 Å². The van der Waals surface area contributed by atoms with E-state index in [9.17, 15) is 13.2 Å². The summed E-state index contributed by atoms with van der Waals surface area (Å²) in [6.45, 7) is 1.89. The predicted octanol–water partition coefficient (Wildman–Crippen LogP) is 2.65. The van der Waals surface area contributed by atoms with E-state index < -0.39 is 10.0 Å². The monoisotopic (exact) mass is 357 g/mol. The molecule has 0 saturated carbocycles. The van der Waals surface area contributed by atoms with Crippen LogP contribution < -0.4 is 5.14 Å². The van der Waals surface area contributed by atoms with Crippen LogP contribution in [-0.4, -0.2) is 31.3 Å². The maximum atomic E-state index is 12.7. The number of nitrogens with one attached hydrogen (secondary N) is 1. The van der Waals surface area contributed by atoms with Crippen molar-refractivity contribution < 1.29 is 13.2 Å². The van der Waals surface area contributed by atoms with Gasteiger partial charge in [-0.2, -0.15) is 0 Å². The highest BCUT2D eigenvalue weighted by Gasteiger charge is 2.20. The predicted molar refractivity (Wildman–Crippen MR) is 96.6 cm³/mol. The Morgan fingerprint density at radius 2 is 1.80 bits per heavy atom. The fraction of sp³-hybridized carbons (Fsp3) is 0.167. The number of aromatic nitrogens is 1. The Morgan fingerprint density at radius 3 is 2.44 bits per heavy atom. The second-order valence-corrected chi connectivity index (χ2v) is 7.55. The number of hydrogen-bond acceptors (Lipinski definition) is 3. The molecule has 3 N–H and O–H groups in total. The number of benzene rings is 2. The van der Waals surface area contributed by atoms with E-state index in [0.717, 1.165) is 16.5 Å². The molecule has 0 bridgehead atoms. The van der Waals surface area contributed by atoms with Crippen LogP contribution in [0.25, 0.3) is 10.9 Å². The van der Waals surface area contributed by atoms with Crippen molar-refractivity contribution in [1.82, 2.24) is 9.88 Å². The lowest BCUT2D eigenvalue weighted by molar-refractivity contribution is 0.0742. The first-order chi connectivity index (χ1) is 11.8. The third kappa shape index (κ3) is 3.42. The molecule has 3 rings (SSSR count). The molecule has 0 radical (unpaired) electrons. The fourth-order valence-electron chi connectivity index (χ4n) is 2.72. The van der Waals surface area contributed by atoms with Crippen LogP contribution in [0.5, 0.6) is 0 Å². The van der Waals surface area contributed by atoms with Crippen molar-refractivity contribution >= 4 is 26.8 Å². The number of fused-ring (bicyclic) bond motifs is 1. The number of aromatic amines is 1. The number of amides is 1. The van der Waals surface area contributed by atoms with Crippen LogP contribution in [-0.2, 0) is 10.0 Å². The van der Waals surface area contributed by atoms with Crippen LogP contribution in [0.3, 0.4) is 0 Å². The summed E-state index contributed by atoms with van der Waals surface area (Å²) in [6.07, 6.45) is 1.83. The Bertz CT molecular complexity index is 1020. The molecule has 1 heterocycles. The average molecular weight is 357 g/mol. The number of hydrogen-bond donors (Lipinski definition) is 2. The van der Waals surface area contributed by atoms with Crippen molar-refractivity contribution in [3.8, 4) is 0 Å². The maximum Gasteiger partial charge on any atom is 0.254 e. The molecular formula is C18H19N3O3S. The van der Waals surface area contributed by atoms with E-state index in [0.29, 0.717) is 5.56 Å². The summed E-state index contributed by atoms with van der Waals surface area (Å²) >= 11 is 0. The van der Waals surface area contributed by atoms with Gasteiger partial charge < -0.3 is 9.88 Å². The second kappa shape index (κ2) is 6.34. The third-order valence-corrected chi connectivity index (χ3v) is 5.32. The zero-order valence-electron chi connectivity index (χ0n) is 13.9. The topological polar surface area (TPSA) is 96.3 Å². The molecule has 0 spiro atoms. The molecule has 1 amide bonds. The third-order valence-electron chi connectivity index (χ3n) is 4.39. The van der Waals surface area contributed by atoms with E-state index >= 15 is 0 Å². The summed E-state index contributed by atoms with van der Waals surface area (Å²) in [5.41, 5.74) is 2.32. The minimum Gasteiger partial charge on any atom is -0.361 e. The first-order valence-corrected chi connectivity index (χ1v) is 9.29. The summed E-state index contributed by atoms with van der Waals surface area (Å²) in [5.74, 6) is -0.112. The number of nitrogens with two attached hydrogens (primary N) is 1. The smallest absolute Gasteiger partial charge is 0.254 e. The Kier molecular flexibility index (Phi) is 4.36. The highest BCUT2D eigenvalue weighted by atomic mass is 32.2. The van der Waals surface area contributed by atoms with E-state index in [1.54, 1.807) is 30.1 Å². The van der Waals surface area contributed by atoms with Crippen LogP contribution in [0.15, 0.2) is 59.6 Å². The van der Waals surface area contributed by atoms with Gasteiger partial charge in [0, 0.05) is 24.3 Å². The van der Waals surface area contributed by atoms with Gasteiger partial charge in [0.05, 0.1) is 10.9 Å². The van der Waals surface area contributed by atoms with Gasteiger partial charge in [0.15, 0.2) is 0 Å². The second-order valence-electron chi connectivity index (χ2n) is 5.99. The normalized spacial score (nSPS) is 12.9. The van der Waals surface area contributed by atoms with Crippen LogP contribution in [0.2, 0.25) is 0 Å². The van der Waals surface area contributed by atoms with Gasteiger partial charge in [-0.05, 0) is 48.2 Å². The quantitative estimate of drug-likeness (QED) is 0.751. The maximum absolute atomic E-state index is 12.7. The highest BCUT2D eigenvalue weighted by molar-refractivity contribution is 7.89. The van der Waals surface area contributed by atoms with Crippen molar-refractivity contribution in [2.24, 2.45) is 5.14 Å². The standard InChI is InChI=1S/C18H19N3O3S/c1-12(13-5-7-16(8-6-13)25(19,23)24)21(2)18(22)15-4-3-14-9-10-20-17(14)11-15/h3-12,20H,1-2H3,(H2,19,23,24). The Balaban J connectivity index is 1.83. The van der Waals surface area contributed by atoms with E-state index in [1.807, 2.05) is 31.3 Å².